The molecule has 5 atom stereocenters. The van der Waals surface area contributed by atoms with Crippen molar-refractivity contribution in [1.29, 1.82) is 0 Å². The van der Waals surface area contributed by atoms with Gasteiger partial charge in [0.05, 0.1) is 18.1 Å². The van der Waals surface area contributed by atoms with Gasteiger partial charge < -0.3 is 14.9 Å². The van der Waals surface area contributed by atoms with Gasteiger partial charge in [-0.15, -0.1) is 0 Å². The summed E-state index contributed by atoms with van der Waals surface area (Å²) in [7, 11) is 0. The second-order valence-corrected chi connectivity index (χ2v) is 8.49. The lowest BCUT2D eigenvalue weighted by Crippen LogP contribution is -2.30. The van der Waals surface area contributed by atoms with E-state index in [0.29, 0.717) is 19.3 Å². The van der Waals surface area contributed by atoms with Crippen molar-refractivity contribution in [1.82, 2.24) is 9.97 Å². The van der Waals surface area contributed by atoms with E-state index in [9.17, 15) is 15.0 Å². The molecule has 0 aromatic carbocycles. The number of aliphatic hydroxyl groups excluding tert-OH is 1. The molecule has 2 N–H and O–H groups in total. The summed E-state index contributed by atoms with van der Waals surface area (Å²) in [6, 6.07) is 1.78. The van der Waals surface area contributed by atoms with Crippen LogP contribution in [0.1, 0.15) is 65.1 Å². The van der Waals surface area contributed by atoms with E-state index in [1.807, 2.05) is 51.2 Å². The first-order chi connectivity index (χ1) is 14.2. The van der Waals surface area contributed by atoms with Crippen LogP contribution in [0.5, 0.6) is 0 Å². The smallest absolute Gasteiger partial charge is 0.309 e. The van der Waals surface area contributed by atoms with Gasteiger partial charge in [0.15, 0.2) is 0 Å². The summed E-state index contributed by atoms with van der Waals surface area (Å²) in [5.41, 5.74) is -0.00441. The summed E-state index contributed by atoms with van der Waals surface area (Å²) < 4.78 is 5.72. The standard InChI is InChI=1S/C24H34N2O4/c1-17(8-5-9-19(3)23-25-14-7-15-26-23)22-18(2)10-6-12-24(4,29)13-11-20(27)16-21(28)30-22/h5-10,14-15,18-20,22,27,29H,11-13,16H2,1-4H3/b9-5+,10-6+,17-8+/t18-,19?,20+,22+,24-/m0/s1. The number of esters is 1. The highest BCUT2D eigenvalue weighted by molar-refractivity contribution is 5.70. The van der Waals surface area contributed by atoms with Crippen LogP contribution >= 0.6 is 0 Å². The lowest BCUT2D eigenvalue weighted by atomic mass is 9.91. The third-order valence-electron chi connectivity index (χ3n) is 5.35. The summed E-state index contributed by atoms with van der Waals surface area (Å²) in [5.74, 6) is 0.301. The summed E-state index contributed by atoms with van der Waals surface area (Å²) in [4.78, 5) is 20.9. The van der Waals surface area contributed by atoms with Crippen molar-refractivity contribution in [3.8, 4) is 0 Å². The molecule has 0 aliphatic carbocycles. The van der Waals surface area contributed by atoms with Gasteiger partial charge in [0.2, 0.25) is 0 Å². The highest BCUT2D eigenvalue weighted by Gasteiger charge is 2.26. The zero-order chi connectivity index (χ0) is 22.1. The second kappa shape index (κ2) is 11.2. The van der Waals surface area contributed by atoms with Gasteiger partial charge in [-0.3, -0.25) is 4.79 Å². The van der Waals surface area contributed by atoms with Crippen LogP contribution in [0.4, 0.5) is 0 Å². The molecule has 1 aliphatic heterocycles. The fraction of sp³-hybridized carbons (Fsp3) is 0.542. The van der Waals surface area contributed by atoms with Gasteiger partial charge in [0, 0.05) is 24.2 Å². The van der Waals surface area contributed by atoms with Gasteiger partial charge in [-0.2, -0.15) is 0 Å². The summed E-state index contributed by atoms with van der Waals surface area (Å²) >= 11 is 0. The fourth-order valence-electron chi connectivity index (χ4n) is 3.42. The first kappa shape index (κ1) is 24.0. The van der Waals surface area contributed by atoms with Crippen molar-refractivity contribution < 1.29 is 19.7 Å². The molecule has 1 unspecified atom stereocenters. The van der Waals surface area contributed by atoms with E-state index in [1.54, 1.807) is 25.4 Å². The molecule has 0 saturated carbocycles. The Balaban J connectivity index is 2.16. The van der Waals surface area contributed by atoms with Crippen LogP contribution in [0.25, 0.3) is 0 Å². The van der Waals surface area contributed by atoms with Crippen molar-refractivity contribution in [3.05, 3.63) is 60.2 Å². The minimum atomic E-state index is -0.904. The Morgan fingerprint density at radius 2 is 2.07 bits per heavy atom. The lowest BCUT2D eigenvalue weighted by Gasteiger charge is -2.27. The molecule has 0 bridgehead atoms. The summed E-state index contributed by atoms with van der Waals surface area (Å²) in [5, 5.41) is 20.6. The molecule has 0 spiro atoms. The number of nitrogens with zero attached hydrogens (tertiary/aromatic N) is 2. The van der Waals surface area contributed by atoms with Crippen molar-refractivity contribution in [2.24, 2.45) is 5.92 Å². The van der Waals surface area contributed by atoms with Gasteiger partial charge in [0.1, 0.15) is 11.9 Å². The van der Waals surface area contributed by atoms with Crippen LogP contribution in [0, 0.1) is 5.92 Å². The van der Waals surface area contributed by atoms with E-state index >= 15 is 0 Å². The van der Waals surface area contributed by atoms with E-state index < -0.39 is 23.8 Å². The van der Waals surface area contributed by atoms with Crippen LogP contribution in [0.3, 0.4) is 0 Å². The highest BCUT2D eigenvalue weighted by Crippen LogP contribution is 2.24. The maximum atomic E-state index is 12.4. The maximum Gasteiger partial charge on any atom is 0.309 e. The highest BCUT2D eigenvalue weighted by atomic mass is 16.5. The number of aromatic nitrogens is 2. The Morgan fingerprint density at radius 1 is 1.37 bits per heavy atom. The number of cyclic esters (lactones) is 1. The molecule has 6 nitrogen and oxygen atoms in total. The predicted octanol–water partition coefficient (Wildman–Crippen LogP) is 3.87. The molecule has 1 aromatic heterocycles. The quantitative estimate of drug-likeness (QED) is 0.441. The number of rotatable bonds is 4. The molecule has 2 rings (SSSR count). The molecule has 2 heterocycles. The molecule has 0 amide bonds. The topological polar surface area (TPSA) is 92.5 Å². The molecular weight excluding hydrogens is 380 g/mol. The van der Waals surface area contributed by atoms with Crippen molar-refractivity contribution in [3.63, 3.8) is 0 Å². The molecule has 0 saturated heterocycles. The number of ether oxygens (including phenoxy) is 1. The van der Waals surface area contributed by atoms with Crippen molar-refractivity contribution in [2.75, 3.05) is 0 Å². The molecule has 1 aromatic rings. The third-order valence-corrected chi connectivity index (χ3v) is 5.35. The largest absolute Gasteiger partial charge is 0.457 e. The van der Waals surface area contributed by atoms with Crippen LogP contribution in [-0.2, 0) is 9.53 Å². The van der Waals surface area contributed by atoms with Crippen LogP contribution < -0.4 is 0 Å². The van der Waals surface area contributed by atoms with E-state index in [0.717, 1.165) is 11.4 Å². The van der Waals surface area contributed by atoms with Gasteiger partial charge in [0.25, 0.3) is 0 Å². The van der Waals surface area contributed by atoms with Gasteiger partial charge in [-0.1, -0.05) is 44.2 Å². The third kappa shape index (κ3) is 7.84. The Kier molecular flexibility index (Phi) is 8.93. The number of carbonyl (C=O) groups is 1. The summed E-state index contributed by atoms with van der Waals surface area (Å²) in [6.07, 6.45) is 13.1. The first-order valence-corrected chi connectivity index (χ1v) is 10.6. The monoisotopic (exact) mass is 414 g/mol. The Hall–Kier alpha value is -2.31. The first-order valence-electron chi connectivity index (χ1n) is 10.6. The molecule has 0 radical (unpaired) electrons. The maximum absolute atomic E-state index is 12.4. The zero-order valence-corrected chi connectivity index (χ0v) is 18.4. The van der Waals surface area contributed by atoms with Gasteiger partial charge >= 0.3 is 5.97 Å². The van der Waals surface area contributed by atoms with E-state index in [-0.39, 0.29) is 18.3 Å². The van der Waals surface area contributed by atoms with Crippen LogP contribution in [0.2, 0.25) is 0 Å². The fourth-order valence-corrected chi connectivity index (χ4v) is 3.42. The Labute approximate surface area is 179 Å². The predicted molar refractivity (Wildman–Crippen MR) is 117 cm³/mol. The number of aliphatic hydroxyl groups is 2. The van der Waals surface area contributed by atoms with Crippen molar-refractivity contribution >= 4 is 5.97 Å². The molecule has 164 valence electrons. The molecular formula is C24H34N2O4. The number of carbonyl (C=O) groups excluding carboxylic acids is 1. The zero-order valence-electron chi connectivity index (χ0n) is 18.4. The van der Waals surface area contributed by atoms with Gasteiger partial charge in [-0.05, 0) is 44.7 Å². The Morgan fingerprint density at radius 3 is 2.77 bits per heavy atom. The minimum absolute atomic E-state index is 0.0591. The molecule has 30 heavy (non-hydrogen) atoms. The van der Waals surface area contributed by atoms with Crippen molar-refractivity contribution in [2.45, 2.75) is 77.1 Å². The lowest BCUT2D eigenvalue weighted by molar-refractivity contribution is -0.151. The minimum Gasteiger partial charge on any atom is -0.457 e. The SMILES string of the molecule is C/C(=C\C=C\C(C)c1ncccn1)[C@H]1OC(=O)C[C@H](O)CC[C@@](C)(O)C/C=C/[C@@H]1C. The number of hydrogen-bond acceptors (Lipinski definition) is 6. The molecule has 1 aliphatic rings. The number of allylic oxidation sites excluding steroid dienone is 3. The summed E-state index contributed by atoms with van der Waals surface area (Å²) in [6.45, 7) is 7.68. The average molecular weight is 415 g/mol. The second-order valence-electron chi connectivity index (χ2n) is 8.49. The van der Waals surface area contributed by atoms with E-state index in [1.165, 1.54) is 0 Å². The normalized spacial score (nSPS) is 31.5. The van der Waals surface area contributed by atoms with Gasteiger partial charge in [-0.25, -0.2) is 9.97 Å². The van der Waals surface area contributed by atoms with Crippen LogP contribution in [0.15, 0.2) is 54.4 Å². The Bertz CT molecular complexity index is 771. The van der Waals surface area contributed by atoms with Crippen LogP contribution in [-0.4, -0.2) is 44.0 Å². The van der Waals surface area contributed by atoms with E-state index in [4.69, 9.17) is 4.74 Å². The molecule has 0 fully saturated rings. The average Bonchev–Trinajstić information content (AvgIpc) is 2.70. The number of hydrogen-bond donors (Lipinski definition) is 2. The molecule has 6 heteroatoms. The van der Waals surface area contributed by atoms with E-state index in [2.05, 4.69) is 9.97 Å².